The van der Waals surface area contributed by atoms with Gasteiger partial charge in [0.1, 0.15) is 0 Å². The minimum absolute atomic E-state index is 0.497. The number of hydrogen-bond acceptors (Lipinski definition) is 3. The van der Waals surface area contributed by atoms with E-state index in [1.165, 1.54) is 24.8 Å². The fraction of sp³-hybridized carbons (Fsp3) is 0.632. The second kappa shape index (κ2) is 8.49. The maximum Gasteiger partial charge on any atom is 0.191 e. The monoisotopic (exact) mass is 330 g/mol. The summed E-state index contributed by atoms with van der Waals surface area (Å²) in [6, 6.07) is 12.3. The van der Waals surface area contributed by atoms with Gasteiger partial charge in [-0.15, -0.1) is 0 Å². The number of benzene rings is 1. The molecule has 1 aromatic rings. The molecule has 1 heterocycles. The maximum absolute atomic E-state index is 5.70. The predicted molar refractivity (Wildman–Crippen MR) is 98.2 cm³/mol. The second-order valence-electron chi connectivity index (χ2n) is 6.89. The van der Waals surface area contributed by atoms with Crippen LogP contribution in [0.1, 0.15) is 31.7 Å². The van der Waals surface area contributed by atoms with Crippen LogP contribution < -0.4 is 10.6 Å². The number of ether oxygens (including phenoxy) is 1. The number of nitrogens with zero attached hydrogens (tertiary/aromatic N) is 2. The normalized spacial score (nSPS) is 25.0. The molecule has 2 atom stereocenters. The van der Waals surface area contributed by atoms with Gasteiger partial charge in [-0.25, -0.2) is 0 Å². The molecule has 5 heteroatoms. The Morgan fingerprint density at radius 2 is 2.08 bits per heavy atom. The average molecular weight is 330 g/mol. The van der Waals surface area contributed by atoms with E-state index >= 15 is 0 Å². The van der Waals surface area contributed by atoms with E-state index < -0.39 is 0 Å². The summed E-state index contributed by atoms with van der Waals surface area (Å²) in [5, 5.41) is 6.91. The van der Waals surface area contributed by atoms with Gasteiger partial charge in [-0.1, -0.05) is 30.3 Å². The molecule has 2 fully saturated rings. The van der Waals surface area contributed by atoms with Gasteiger partial charge in [-0.2, -0.15) is 0 Å². The molecule has 0 spiro atoms. The zero-order valence-corrected chi connectivity index (χ0v) is 14.9. The smallest absolute Gasteiger partial charge is 0.191 e. The van der Waals surface area contributed by atoms with Crippen molar-refractivity contribution in [1.82, 2.24) is 15.5 Å². The van der Waals surface area contributed by atoms with Gasteiger partial charge in [0.15, 0.2) is 5.96 Å². The lowest BCUT2D eigenvalue weighted by Gasteiger charge is -2.20. The van der Waals surface area contributed by atoms with E-state index in [0.29, 0.717) is 25.3 Å². The second-order valence-corrected chi connectivity index (χ2v) is 6.89. The Kier molecular flexibility index (Phi) is 6.10. The first-order valence-corrected chi connectivity index (χ1v) is 9.11. The Labute approximate surface area is 145 Å². The number of nitrogens with one attached hydrogen (secondary N) is 2. The first kappa shape index (κ1) is 17.2. The summed E-state index contributed by atoms with van der Waals surface area (Å²) in [6.07, 6.45) is 3.95. The molecule has 1 aliphatic heterocycles. The zero-order chi connectivity index (χ0) is 16.8. The molecule has 2 aliphatic rings. The quantitative estimate of drug-likeness (QED) is 0.456. The first-order chi connectivity index (χ1) is 11.8. The predicted octanol–water partition coefficient (Wildman–Crippen LogP) is 1.99. The van der Waals surface area contributed by atoms with E-state index in [1.807, 2.05) is 25.2 Å². The Balaban J connectivity index is 1.32. The van der Waals surface area contributed by atoms with Crippen molar-refractivity contribution in [2.24, 2.45) is 4.99 Å². The number of hydrogen-bond donors (Lipinski definition) is 2. The Bertz CT molecular complexity index is 529. The van der Waals surface area contributed by atoms with E-state index in [4.69, 9.17) is 4.74 Å². The molecule has 5 nitrogen and oxygen atoms in total. The van der Waals surface area contributed by atoms with Crippen molar-refractivity contribution < 1.29 is 4.74 Å². The van der Waals surface area contributed by atoms with E-state index in [1.54, 1.807) is 0 Å². The minimum Gasteiger partial charge on any atom is -0.375 e. The van der Waals surface area contributed by atoms with Gasteiger partial charge in [0.25, 0.3) is 0 Å². The molecule has 0 aromatic heterocycles. The van der Waals surface area contributed by atoms with Crippen LogP contribution in [0.3, 0.4) is 0 Å². The zero-order valence-electron chi connectivity index (χ0n) is 14.9. The molecule has 24 heavy (non-hydrogen) atoms. The number of likely N-dealkylation sites (tertiary alicyclic amines) is 1. The van der Waals surface area contributed by atoms with Gasteiger partial charge in [0.2, 0.25) is 0 Å². The van der Waals surface area contributed by atoms with Crippen LogP contribution in [0.15, 0.2) is 35.3 Å². The van der Waals surface area contributed by atoms with Crippen LogP contribution in [0, 0.1) is 0 Å². The Hall–Kier alpha value is -1.59. The molecular weight excluding hydrogens is 300 g/mol. The highest BCUT2D eigenvalue weighted by Crippen LogP contribution is 2.33. The van der Waals surface area contributed by atoms with Crippen LogP contribution in [0.4, 0.5) is 0 Å². The van der Waals surface area contributed by atoms with E-state index in [0.717, 1.165) is 25.1 Å². The molecule has 1 saturated carbocycles. The SMILES string of the molecule is CN=C(NCCOCc1ccccc1)NC1CC(C)N(C2CC2)C1. The van der Waals surface area contributed by atoms with Crippen LogP contribution >= 0.6 is 0 Å². The summed E-state index contributed by atoms with van der Waals surface area (Å²) in [7, 11) is 1.83. The van der Waals surface area contributed by atoms with Crippen LogP contribution in [0.2, 0.25) is 0 Å². The van der Waals surface area contributed by atoms with Crippen molar-refractivity contribution in [2.75, 3.05) is 26.7 Å². The van der Waals surface area contributed by atoms with E-state index in [2.05, 4.69) is 39.6 Å². The standard InChI is InChI=1S/C19H30N4O/c1-15-12-17(13-23(15)18-8-9-18)22-19(20-2)21-10-11-24-14-16-6-4-3-5-7-16/h3-7,15,17-18H,8-14H2,1-2H3,(H2,20,21,22). The third kappa shape index (κ3) is 4.95. The van der Waals surface area contributed by atoms with Crippen molar-refractivity contribution in [2.45, 2.75) is 50.9 Å². The fourth-order valence-electron chi connectivity index (χ4n) is 3.47. The summed E-state index contributed by atoms with van der Waals surface area (Å²) < 4.78 is 5.70. The summed E-state index contributed by atoms with van der Waals surface area (Å²) in [4.78, 5) is 6.98. The van der Waals surface area contributed by atoms with Crippen LogP contribution in [0.5, 0.6) is 0 Å². The fourth-order valence-corrected chi connectivity index (χ4v) is 3.47. The lowest BCUT2D eigenvalue weighted by atomic mass is 10.2. The van der Waals surface area contributed by atoms with Gasteiger partial charge in [0.05, 0.1) is 13.2 Å². The summed E-state index contributed by atoms with van der Waals surface area (Å²) in [5.74, 6) is 0.883. The molecule has 1 aliphatic carbocycles. The molecule has 2 unspecified atom stereocenters. The van der Waals surface area contributed by atoms with E-state index in [-0.39, 0.29) is 0 Å². The van der Waals surface area contributed by atoms with Crippen molar-refractivity contribution >= 4 is 5.96 Å². The topological polar surface area (TPSA) is 48.9 Å². The Morgan fingerprint density at radius 3 is 2.79 bits per heavy atom. The van der Waals surface area contributed by atoms with Crippen molar-refractivity contribution in [3.8, 4) is 0 Å². The number of guanidine groups is 1. The minimum atomic E-state index is 0.497. The lowest BCUT2D eigenvalue weighted by molar-refractivity contribution is 0.125. The lowest BCUT2D eigenvalue weighted by Crippen LogP contribution is -2.45. The largest absolute Gasteiger partial charge is 0.375 e. The van der Waals surface area contributed by atoms with Crippen LogP contribution in [0.25, 0.3) is 0 Å². The molecule has 1 aromatic carbocycles. The Morgan fingerprint density at radius 1 is 1.29 bits per heavy atom. The third-order valence-electron chi connectivity index (χ3n) is 4.85. The molecule has 0 radical (unpaired) electrons. The van der Waals surface area contributed by atoms with Gasteiger partial charge in [-0.05, 0) is 31.7 Å². The van der Waals surface area contributed by atoms with Crippen molar-refractivity contribution in [1.29, 1.82) is 0 Å². The van der Waals surface area contributed by atoms with Crippen LogP contribution in [-0.4, -0.2) is 55.7 Å². The summed E-state index contributed by atoms with van der Waals surface area (Å²) in [6.45, 7) is 5.57. The molecule has 0 bridgehead atoms. The van der Waals surface area contributed by atoms with Crippen molar-refractivity contribution in [3.05, 3.63) is 35.9 Å². The first-order valence-electron chi connectivity index (χ1n) is 9.11. The molecule has 2 N–H and O–H groups in total. The van der Waals surface area contributed by atoms with Crippen LogP contribution in [-0.2, 0) is 11.3 Å². The maximum atomic E-state index is 5.70. The number of rotatable bonds is 7. The van der Waals surface area contributed by atoms with Gasteiger partial charge in [-0.3, -0.25) is 9.89 Å². The molecular formula is C19H30N4O. The van der Waals surface area contributed by atoms with Gasteiger partial charge < -0.3 is 15.4 Å². The summed E-state index contributed by atoms with van der Waals surface area (Å²) >= 11 is 0. The van der Waals surface area contributed by atoms with Gasteiger partial charge in [0, 0.05) is 38.3 Å². The average Bonchev–Trinajstić information content (AvgIpc) is 3.38. The highest BCUT2D eigenvalue weighted by Gasteiger charge is 2.38. The highest BCUT2D eigenvalue weighted by atomic mass is 16.5. The molecule has 3 rings (SSSR count). The molecule has 1 saturated heterocycles. The number of aliphatic imine (C=N–C) groups is 1. The molecule has 0 amide bonds. The third-order valence-corrected chi connectivity index (χ3v) is 4.85. The highest BCUT2D eigenvalue weighted by molar-refractivity contribution is 5.80. The van der Waals surface area contributed by atoms with Crippen molar-refractivity contribution in [3.63, 3.8) is 0 Å². The summed E-state index contributed by atoms with van der Waals surface area (Å²) in [5.41, 5.74) is 1.21. The van der Waals surface area contributed by atoms with E-state index in [9.17, 15) is 0 Å². The van der Waals surface area contributed by atoms with Gasteiger partial charge >= 0.3 is 0 Å². The molecule has 132 valence electrons.